The molecule has 0 aromatic carbocycles. The molecule has 2 N–H and O–H groups in total. The molecular formula is C13H26N2. The minimum Gasteiger partial charge on any atom is -0.329 e. The van der Waals surface area contributed by atoms with Crippen molar-refractivity contribution in [3.63, 3.8) is 0 Å². The molecule has 1 aliphatic carbocycles. The third-order valence-corrected chi connectivity index (χ3v) is 4.61. The fourth-order valence-electron chi connectivity index (χ4n) is 3.32. The van der Waals surface area contributed by atoms with Crippen molar-refractivity contribution in [1.29, 1.82) is 0 Å². The SMILES string of the molecule is CCC(CN)(C1CC1)N1CCC(C)(C)C1. The summed E-state index contributed by atoms with van der Waals surface area (Å²) in [5, 5.41) is 0. The van der Waals surface area contributed by atoms with Gasteiger partial charge in [0, 0.05) is 18.6 Å². The highest BCUT2D eigenvalue weighted by Crippen LogP contribution is 2.47. The minimum absolute atomic E-state index is 0.341. The molecule has 0 radical (unpaired) electrons. The van der Waals surface area contributed by atoms with E-state index in [1.165, 1.54) is 38.8 Å². The van der Waals surface area contributed by atoms with E-state index < -0.39 is 0 Å². The number of nitrogens with two attached hydrogens (primary N) is 1. The Bertz CT molecular complexity index is 227. The third-order valence-electron chi connectivity index (χ3n) is 4.61. The lowest BCUT2D eigenvalue weighted by molar-refractivity contribution is 0.0838. The Kier molecular flexibility index (Phi) is 2.85. The summed E-state index contributed by atoms with van der Waals surface area (Å²) < 4.78 is 0. The molecule has 2 fully saturated rings. The van der Waals surface area contributed by atoms with Gasteiger partial charge in [0.25, 0.3) is 0 Å². The molecule has 1 saturated carbocycles. The van der Waals surface area contributed by atoms with E-state index in [1.807, 2.05) is 0 Å². The monoisotopic (exact) mass is 210 g/mol. The maximum atomic E-state index is 6.09. The van der Waals surface area contributed by atoms with Crippen molar-refractivity contribution >= 4 is 0 Å². The maximum Gasteiger partial charge on any atom is 0.0357 e. The Hall–Kier alpha value is -0.0800. The van der Waals surface area contributed by atoms with Crippen LogP contribution in [-0.4, -0.2) is 30.1 Å². The quantitative estimate of drug-likeness (QED) is 0.771. The Morgan fingerprint density at radius 1 is 1.40 bits per heavy atom. The second-order valence-corrected chi connectivity index (χ2v) is 6.27. The molecule has 1 unspecified atom stereocenters. The first-order valence-electron chi connectivity index (χ1n) is 6.49. The van der Waals surface area contributed by atoms with E-state index in [1.54, 1.807) is 0 Å². The van der Waals surface area contributed by atoms with Gasteiger partial charge in [0.15, 0.2) is 0 Å². The smallest absolute Gasteiger partial charge is 0.0357 e. The Balaban J connectivity index is 2.12. The van der Waals surface area contributed by atoms with Gasteiger partial charge in [-0.1, -0.05) is 20.8 Å². The number of hydrogen-bond donors (Lipinski definition) is 1. The number of hydrogen-bond acceptors (Lipinski definition) is 2. The number of rotatable bonds is 4. The van der Waals surface area contributed by atoms with Crippen LogP contribution in [0.25, 0.3) is 0 Å². The van der Waals surface area contributed by atoms with E-state index in [0.717, 1.165) is 12.5 Å². The predicted molar refractivity (Wildman–Crippen MR) is 64.8 cm³/mol. The third kappa shape index (κ3) is 1.94. The Morgan fingerprint density at radius 2 is 2.07 bits per heavy atom. The van der Waals surface area contributed by atoms with Crippen LogP contribution in [0.2, 0.25) is 0 Å². The molecule has 0 amide bonds. The van der Waals surface area contributed by atoms with Gasteiger partial charge in [0.05, 0.1) is 0 Å². The van der Waals surface area contributed by atoms with E-state index in [2.05, 4.69) is 25.7 Å². The highest BCUT2D eigenvalue weighted by Gasteiger charge is 2.49. The van der Waals surface area contributed by atoms with Crippen LogP contribution in [0.15, 0.2) is 0 Å². The van der Waals surface area contributed by atoms with Crippen LogP contribution in [0.5, 0.6) is 0 Å². The molecular weight excluding hydrogens is 184 g/mol. The van der Waals surface area contributed by atoms with Crippen LogP contribution in [0.3, 0.4) is 0 Å². The van der Waals surface area contributed by atoms with Crippen LogP contribution in [0, 0.1) is 11.3 Å². The van der Waals surface area contributed by atoms with Gasteiger partial charge in [-0.15, -0.1) is 0 Å². The fourth-order valence-corrected chi connectivity index (χ4v) is 3.32. The van der Waals surface area contributed by atoms with Crippen LogP contribution >= 0.6 is 0 Å². The summed E-state index contributed by atoms with van der Waals surface area (Å²) in [6, 6.07) is 0. The zero-order valence-corrected chi connectivity index (χ0v) is 10.6. The molecule has 2 rings (SSSR count). The van der Waals surface area contributed by atoms with Gasteiger partial charge < -0.3 is 5.73 Å². The number of nitrogens with zero attached hydrogens (tertiary/aromatic N) is 1. The molecule has 0 bridgehead atoms. The first-order chi connectivity index (χ1) is 7.04. The van der Waals surface area contributed by atoms with Crippen molar-refractivity contribution < 1.29 is 0 Å². The lowest BCUT2D eigenvalue weighted by Gasteiger charge is -2.42. The van der Waals surface area contributed by atoms with Gasteiger partial charge in [-0.25, -0.2) is 0 Å². The second-order valence-electron chi connectivity index (χ2n) is 6.27. The Morgan fingerprint density at radius 3 is 2.40 bits per heavy atom. The van der Waals surface area contributed by atoms with Crippen LogP contribution < -0.4 is 5.73 Å². The van der Waals surface area contributed by atoms with E-state index in [-0.39, 0.29) is 0 Å². The first kappa shape index (κ1) is 11.4. The van der Waals surface area contributed by atoms with Crippen molar-refractivity contribution in [2.24, 2.45) is 17.1 Å². The minimum atomic E-state index is 0.341. The molecule has 0 aromatic rings. The lowest BCUT2D eigenvalue weighted by Crippen LogP contribution is -2.54. The molecule has 1 heterocycles. The second kappa shape index (κ2) is 3.74. The van der Waals surface area contributed by atoms with Crippen molar-refractivity contribution in [2.45, 2.75) is 52.0 Å². The predicted octanol–water partition coefficient (Wildman–Crippen LogP) is 2.24. The lowest BCUT2D eigenvalue weighted by atomic mass is 9.87. The van der Waals surface area contributed by atoms with E-state index in [0.29, 0.717) is 11.0 Å². The average molecular weight is 210 g/mol. The summed E-state index contributed by atoms with van der Waals surface area (Å²) >= 11 is 0. The van der Waals surface area contributed by atoms with Crippen molar-refractivity contribution in [1.82, 2.24) is 4.90 Å². The van der Waals surface area contributed by atoms with Crippen molar-refractivity contribution in [2.75, 3.05) is 19.6 Å². The van der Waals surface area contributed by atoms with Crippen molar-refractivity contribution in [3.05, 3.63) is 0 Å². The highest BCUT2D eigenvalue weighted by molar-refractivity contribution is 5.05. The molecule has 88 valence electrons. The highest BCUT2D eigenvalue weighted by atomic mass is 15.2. The average Bonchev–Trinajstić information content (AvgIpc) is 2.96. The molecule has 0 aromatic heterocycles. The van der Waals surface area contributed by atoms with Crippen molar-refractivity contribution in [3.8, 4) is 0 Å². The molecule has 2 aliphatic rings. The van der Waals surface area contributed by atoms with Crippen LogP contribution in [0.4, 0.5) is 0 Å². The molecule has 0 spiro atoms. The van der Waals surface area contributed by atoms with Gasteiger partial charge in [0.1, 0.15) is 0 Å². The number of likely N-dealkylation sites (tertiary alicyclic amines) is 1. The Labute approximate surface area is 94.2 Å². The maximum absolute atomic E-state index is 6.09. The van der Waals surface area contributed by atoms with Gasteiger partial charge in [-0.3, -0.25) is 4.90 Å². The molecule has 2 heteroatoms. The largest absolute Gasteiger partial charge is 0.329 e. The first-order valence-corrected chi connectivity index (χ1v) is 6.49. The van der Waals surface area contributed by atoms with Crippen LogP contribution in [-0.2, 0) is 0 Å². The van der Waals surface area contributed by atoms with Gasteiger partial charge in [-0.2, -0.15) is 0 Å². The van der Waals surface area contributed by atoms with E-state index in [4.69, 9.17) is 5.73 Å². The zero-order valence-electron chi connectivity index (χ0n) is 10.6. The topological polar surface area (TPSA) is 29.3 Å². The zero-order chi connectivity index (χ0) is 11.1. The summed E-state index contributed by atoms with van der Waals surface area (Å²) in [4.78, 5) is 2.70. The summed E-state index contributed by atoms with van der Waals surface area (Å²) in [6.07, 6.45) is 5.37. The van der Waals surface area contributed by atoms with Crippen LogP contribution in [0.1, 0.15) is 46.5 Å². The summed E-state index contributed by atoms with van der Waals surface area (Å²) in [5.74, 6) is 0.890. The van der Waals surface area contributed by atoms with E-state index >= 15 is 0 Å². The van der Waals surface area contributed by atoms with Gasteiger partial charge in [-0.05, 0) is 43.6 Å². The molecule has 1 saturated heterocycles. The molecule has 1 aliphatic heterocycles. The molecule has 15 heavy (non-hydrogen) atoms. The normalized spacial score (nSPS) is 30.4. The van der Waals surface area contributed by atoms with Gasteiger partial charge in [0.2, 0.25) is 0 Å². The molecule has 1 atom stereocenters. The van der Waals surface area contributed by atoms with Gasteiger partial charge >= 0.3 is 0 Å². The summed E-state index contributed by atoms with van der Waals surface area (Å²) in [5.41, 5.74) is 6.93. The molecule has 2 nitrogen and oxygen atoms in total. The fraction of sp³-hybridized carbons (Fsp3) is 1.00. The summed E-state index contributed by atoms with van der Waals surface area (Å²) in [7, 11) is 0. The summed E-state index contributed by atoms with van der Waals surface area (Å²) in [6.45, 7) is 10.4. The standard InChI is InChI=1S/C13H26N2/c1-4-13(9-14,11-5-6-11)15-8-7-12(2,3)10-15/h11H,4-10,14H2,1-3H3. The van der Waals surface area contributed by atoms with E-state index in [9.17, 15) is 0 Å².